The van der Waals surface area contributed by atoms with Crippen molar-refractivity contribution in [2.24, 2.45) is 0 Å². The molecule has 3 N–H and O–H groups in total. The van der Waals surface area contributed by atoms with Crippen molar-refractivity contribution in [1.82, 2.24) is 0 Å². The van der Waals surface area contributed by atoms with Gasteiger partial charge in [-0.1, -0.05) is 52.3 Å². The molecular weight excluding hydrogens is 432 g/mol. The molecule has 0 radical (unpaired) electrons. The van der Waals surface area contributed by atoms with Crippen molar-refractivity contribution in [2.45, 2.75) is 11.4 Å². The first kappa shape index (κ1) is 18.7. The molecule has 0 heterocycles. The average Bonchev–Trinajstić information content (AvgIpc) is 2.72. The first-order valence-electron chi connectivity index (χ1n) is 8.90. The first-order valence-corrected chi connectivity index (χ1v) is 10.5. The molecule has 0 aliphatic carbocycles. The van der Waals surface area contributed by atoms with Gasteiger partial charge >= 0.3 is 0 Å². The van der Waals surface area contributed by atoms with Gasteiger partial charge < -0.3 is 15.1 Å². The summed E-state index contributed by atoms with van der Waals surface area (Å²) in [4.78, 5) is 1.13. The van der Waals surface area contributed by atoms with Crippen LogP contribution in [-0.4, -0.2) is 5.11 Å². The fraction of sp³-hybridized carbons (Fsp3) is 0.0435. The molecule has 3 nitrogen and oxygen atoms in total. The van der Waals surface area contributed by atoms with Crippen LogP contribution >= 0.6 is 27.9 Å². The van der Waals surface area contributed by atoms with E-state index in [0.717, 1.165) is 26.3 Å². The third-order valence-electron chi connectivity index (χ3n) is 4.42. The Hall–Kier alpha value is -2.63. The number of nitrogens with one attached hydrogen (secondary N) is 2. The van der Waals surface area contributed by atoms with E-state index in [4.69, 9.17) is 0 Å². The second-order valence-corrected chi connectivity index (χ2v) is 8.21. The van der Waals surface area contributed by atoms with Crippen LogP contribution in [0.3, 0.4) is 0 Å². The molecule has 4 aromatic rings. The largest absolute Gasteiger partial charge is 0.508 e. The number of phenols is 1. The molecule has 28 heavy (non-hydrogen) atoms. The molecule has 5 heteroatoms. The van der Waals surface area contributed by atoms with Crippen molar-refractivity contribution in [3.05, 3.63) is 95.0 Å². The lowest BCUT2D eigenvalue weighted by atomic mass is 10.1. The highest BCUT2D eigenvalue weighted by atomic mass is 79.9. The number of hydrogen-bond acceptors (Lipinski definition) is 4. The molecular formula is C23H19BrN2OS. The number of fused-ring (bicyclic) bond motifs is 1. The van der Waals surface area contributed by atoms with E-state index in [0.29, 0.717) is 6.54 Å². The summed E-state index contributed by atoms with van der Waals surface area (Å²) >= 11 is 4.94. The normalized spacial score (nSPS) is 10.8. The van der Waals surface area contributed by atoms with Gasteiger partial charge in [-0.25, -0.2) is 0 Å². The molecule has 0 fully saturated rings. The predicted octanol–water partition coefficient (Wildman–Crippen LogP) is 7.04. The van der Waals surface area contributed by atoms with E-state index < -0.39 is 0 Å². The van der Waals surface area contributed by atoms with Crippen LogP contribution < -0.4 is 10.0 Å². The molecule has 0 atom stereocenters. The molecule has 0 saturated heterocycles. The molecule has 4 aromatic carbocycles. The van der Waals surface area contributed by atoms with Crippen LogP contribution in [0, 0.1) is 0 Å². The number of phenolic OH excluding ortho intramolecular Hbond substituents is 1. The van der Waals surface area contributed by atoms with Crippen LogP contribution in [0.1, 0.15) is 5.56 Å². The van der Waals surface area contributed by atoms with E-state index in [-0.39, 0.29) is 5.75 Å². The van der Waals surface area contributed by atoms with Crippen molar-refractivity contribution in [2.75, 3.05) is 10.0 Å². The summed E-state index contributed by atoms with van der Waals surface area (Å²) in [6.45, 7) is 0.570. The Morgan fingerprint density at radius 3 is 2.32 bits per heavy atom. The summed E-state index contributed by atoms with van der Waals surface area (Å²) in [6.07, 6.45) is 0. The second kappa shape index (κ2) is 8.59. The summed E-state index contributed by atoms with van der Waals surface area (Å²) < 4.78 is 4.27. The van der Waals surface area contributed by atoms with Crippen LogP contribution in [0.25, 0.3) is 10.8 Å². The first-order chi connectivity index (χ1) is 13.7. The number of anilines is 2. The summed E-state index contributed by atoms with van der Waals surface area (Å²) in [7, 11) is 0. The van der Waals surface area contributed by atoms with Gasteiger partial charge in [0.25, 0.3) is 0 Å². The summed E-state index contributed by atoms with van der Waals surface area (Å²) in [5.74, 6) is 0.286. The van der Waals surface area contributed by atoms with Crippen molar-refractivity contribution < 1.29 is 5.11 Å². The number of aromatic hydroxyl groups is 1. The van der Waals surface area contributed by atoms with E-state index in [9.17, 15) is 5.11 Å². The van der Waals surface area contributed by atoms with Crippen LogP contribution in [0.2, 0.25) is 0 Å². The summed E-state index contributed by atoms with van der Waals surface area (Å²) in [6, 6.07) is 28.5. The molecule has 0 aliphatic heterocycles. The van der Waals surface area contributed by atoms with Gasteiger partial charge in [0.15, 0.2) is 0 Å². The van der Waals surface area contributed by atoms with Gasteiger partial charge in [-0.2, -0.15) is 0 Å². The third kappa shape index (κ3) is 4.61. The van der Waals surface area contributed by atoms with Crippen LogP contribution in [-0.2, 0) is 6.54 Å². The van der Waals surface area contributed by atoms with E-state index in [2.05, 4.69) is 80.6 Å². The fourth-order valence-electron chi connectivity index (χ4n) is 2.90. The van der Waals surface area contributed by atoms with Crippen molar-refractivity contribution in [3.8, 4) is 5.75 Å². The van der Waals surface area contributed by atoms with E-state index >= 15 is 0 Å². The van der Waals surface area contributed by atoms with Crippen LogP contribution in [0.5, 0.6) is 5.75 Å². The number of benzene rings is 4. The van der Waals surface area contributed by atoms with Crippen LogP contribution in [0.15, 0.2) is 94.3 Å². The van der Waals surface area contributed by atoms with Gasteiger partial charge in [0.2, 0.25) is 0 Å². The third-order valence-corrected chi connectivity index (χ3v) is 5.76. The molecule has 0 aliphatic rings. The molecule has 0 spiro atoms. The maximum atomic E-state index is 9.98. The van der Waals surface area contributed by atoms with E-state index in [1.807, 2.05) is 24.3 Å². The topological polar surface area (TPSA) is 44.3 Å². The second-order valence-electron chi connectivity index (χ2n) is 6.42. The lowest BCUT2D eigenvalue weighted by Crippen LogP contribution is -1.99. The number of rotatable bonds is 6. The quantitative estimate of drug-likeness (QED) is 0.275. The number of halogens is 1. The molecule has 0 bridgehead atoms. The Morgan fingerprint density at radius 2 is 1.54 bits per heavy atom. The van der Waals surface area contributed by atoms with Gasteiger partial charge in [-0.3, -0.25) is 0 Å². The summed E-state index contributed by atoms with van der Waals surface area (Å²) in [5.41, 5.74) is 2.95. The molecule has 0 aromatic heterocycles. The maximum absolute atomic E-state index is 9.98. The van der Waals surface area contributed by atoms with Gasteiger partial charge in [0.05, 0.1) is 0 Å². The minimum atomic E-state index is 0.286. The highest BCUT2D eigenvalue weighted by molar-refractivity contribution is 9.10. The van der Waals surface area contributed by atoms with Gasteiger partial charge in [0, 0.05) is 32.9 Å². The van der Waals surface area contributed by atoms with E-state index in [1.54, 1.807) is 18.0 Å². The monoisotopic (exact) mass is 450 g/mol. The van der Waals surface area contributed by atoms with E-state index in [1.165, 1.54) is 10.8 Å². The maximum Gasteiger partial charge on any atom is 0.121 e. The Morgan fingerprint density at radius 1 is 0.786 bits per heavy atom. The Balaban J connectivity index is 1.34. The SMILES string of the molecule is Oc1cc(Br)ccc1CNc1ccc(SNc2ccc3ccccc3c2)cc1. The van der Waals surface area contributed by atoms with Gasteiger partial charge in [0.1, 0.15) is 5.75 Å². The highest BCUT2D eigenvalue weighted by Crippen LogP contribution is 2.26. The lowest BCUT2D eigenvalue weighted by Gasteiger charge is -2.10. The molecule has 0 saturated carbocycles. The number of hydrogen-bond donors (Lipinski definition) is 3. The van der Waals surface area contributed by atoms with Gasteiger partial charge in [-0.05, 0) is 71.3 Å². The van der Waals surface area contributed by atoms with Crippen molar-refractivity contribution in [3.63, 3.8) is 0 Å². The standard InChI is InChI=1S/C23H19BrN2OS/c24-19-7-5-18(23(27)14-19)15-25-20-9-11-22(12-10-20)28-26-21-8-6-16-3-1-2-4-17(16)13-21/h1-14,25-27H,15H2. The minimum absolute atomic E-state index is 0.286. The zero-order valence-corrected chi connectivity index (χ0v) is 17.4. The molecule has 140 valence electrons. The van der Waals surface area contributed by atoms with Crippen molar-refractivity contribution >= 4 is 50.0 Å². The predicted molar refractivity (Wildman–Crippen MR) is 123 cm³/mol. The van der Waals surface area contributed by atoms with Crippen molar-refractivity contribution in [1.29, 1.82) is 0 Å². The zero-order valence-electron chi connectivity index (χ0n) is 15.0. The Kier molecular flexibility index (Phi) is 5.74. The Bertz CT molecular complexity index is 1100. The molecule has 0 unspecified atom stereocenters. The highest BCUT2D eigenvalue weighted by Gasteiger charge is 2.03. The minimum Gasteiger partial charge on any atom is -0.508 e. The van der Waals surface area contributed by atoms with Crippen LogP contribution in [0.4, 0.5) is 11.4 Å². The lowest BCUT2D eigenvalue weighted by molar-refractivity contribution is 0.468. The smallest absolute Gasteiger partial charge is 0.121 e. The average molecular weight is 451 g/mol. The summed E-state index contributed by atoms with van der Waals surface area (Å²) in [5, 5.41) is 15.8. The molecule has 4 rings (SSSR count). The van der Waals surface area contributed by atoms with Gasteiger partial charge in [-0.15, -0.1) is 0 Å². The fourth-order valence-corrected chi connectivity index (χ4v) is 3.88. The molecule has 0 amide bonds. The zero-order chi connectivity index (χ0) is 19.3. The Labute approximate surface area is 177 Å².